The van der Waals surface area contributed by atoms with E-state index in [4.69, 9.17) is 10.2 Å². The molecule has 0 saturated carbocycles. The summed E-state index contributed by atoms with van der Waals surface area (Å²) in [5.74, 6) is 3.41. The van der Waals surface area contributed by atoms with E-state index in [1.54, 1.807) is 0 Å². The molecule has 3 N–H and O–H groups in total. The van der Waals surface area contributed by atoms with Gasteiger partial charge in [0.15, 0.2) is 0 Å². The molecular weight excluding hydrogens is 266 g/mol. The van der Waals surface area contributed by atoms with E-state index in [9.17, 15) is 0 Å². The summed E-state index contributed by atoms with van der Waals surface area (Å²) < 4.78 is 5.56. The topological polar surface area (TPSA) is 89.9 Å². The van der Waals surface area contributed by atoms with Gasteiger partial charge in [0.05, 0.1) is 12.2 Å². The lowest BCUT2D eigenvalue weighted by Crippen LogP contribution is -2.19. The van der Waals surface area contributed by atoms with E-state index < -0.39 is 0 Å². The molecule has 0 bridgehead atoms. The molecule has 0 amide bonds. The first-order chi connectivity index (χ1) is 9.68. The number of rotatable bonds is 3. The van der Waals surface area contributed by atoms with Crippen LogP contribution in [0.1, 0.15) is 49.5 Å². The fraction of sp³-hybridized carbons (Fsp3) is 0.533. The van der Waals surface area contributed by atoms with Gasteiger partial charge >= 0.3 is 0 Å². The number of nitrogens with two attached hydrogens (primary N) is 1. The van der Waals surface area contributed by atoms with Crippen LogP contribution in [0.15, 0.2) is 4.42 Å². The molecule has 0 aliphatic heterocycles. The average Bonchev–Trinajstić information content (AvgIpc) is 2.69. The van der Waals surface area contributed by atoms with Crippen LogP contribution < -0.4 is 11.1 Å². The lowest BCUT2D eigenvalue weighted by molar-refractivity contribution is 0.477. The van der Waals surface area contributed by atoms with Gasteiger partial charge in [-0.2, -0.15) is 0 Å². The Hall–Kier alpha value is -2.11. The molecule has 0 aliphatic rings. The summed E-state index contributed by atoms with van der Waals surface area (Å²) in [6.07, 6.45) is 0. The first-order valence-corrected chi connectivity index (χ1v) is 7.00. The zero-order chi connectivity index (χ0) is 15.8. The fourth-order valence-electron chi connectivity index (χ4n) is 1.82. The summed E-state index contributed by atoms with van der Waals surface area (Å²) in [5.41, 5.74) is 7.57. The van der Waals surface area contributed by atoms with E-state index >= 15 is 0 Å². The van der Waals surface area contributed by atoms with Crippen molar-refractivity contribution in [1.29, 1.82) is 0 Å². The van der Waals surface area contributed by atoms with Crippen molar-refractivity contribution in [1.82, 2.24) is 15.0 Å². The van der Waals surface area contributed by atoms with Crippen LogP contribution in [-0.4, -0.2) is 15.0 Å². The minimum absolute atomic E-state index is 0.158. The van der Waals surface area contributed by atoms with Crippen LogP contribution in [-0.2, 0) is 12.0 Å². The first-order valence-electron chi connectivity index (χ1n) is 7.00. The third-order valence-corrected chi connectivity index (χ3v) is 3.33. The standard InChI is InChI=1S/C15H23N5O/c1-8-12(16)19-14(15(4,5)6)20-13(8)17-7-11-18-9(2)10(3)21-11/h7H2,1-6H3,(H3,16,17,19,20). The van der Waals surface area contributed by atoms with E-state index in [-0.39, 0.29) is 5.41 Å². The predicted octanol–water partition coefficient (Wildman–Crippen LogP) is 2.88. The Kier molecular flexibility index (Phi) is 3.89. The molecule has 0 fully saturated rings. The van der Waals surface area contributed by atoms with Gasteiger partial charge in [0, 0.05) is 11.0 Å². The molecular formula is C15H23N5O. The minimum atomic E-state index is -0.158. The number of oxazole rings is 1. The van der Waals surface area contributed by atoms with Crippen LogP contribution in [0.5, 0.6) is 0 Å². The van der Waals surface area contributed by atoms with Crippen LogP contribution in [0.25, 0.3) is 0 Å². The summed E-state index contributed by atoms with van der Waals surface area (Å²) in [5, 5.41) is 3.24. The van der Waals surface area contributed by atoms with Crippen molar-refractivity contribution in [3.63, 3.8) is 0 Å². The Morgan fingerprint density at radius 2 is 1.76 bits per heavy atom. The number of aryl methyl sites for hydroxylation is 2. The summed E-state index contributed by atoms with van der Waals surface area (Å²) in [6.45, 7) is 12.4. The number of nitrogens with zero attached hydrogens (tertiary/aromatic N) is 3. The molecule has 0 spiro atoms. The van der Waals surface area contributed by atoms with Crippen molar-refractivity contribution in [3.8, 4) is 0 Å². The van der Waals surface area contributed by atoms with Gasteiger partial charge < -0.3 is 15.5 Å². The molecule has 0 atom stereocenters. The zero-order valence-corrected chi connectivity index (χ0v) is 13.5. The number of nitrogen functional groups attached to an aromatic ring is 1. The largest absolute Gasteiger partial charge is 0.444 e. The Morgan fingerprint density at radius 3 is 2.29 bits per heavy atom. The summed E-state index contributed by atoms with van der Waals surface area (Å²) in [6, 6.07) is 0. The maximum absolute atomic E-state index is 5.99. The van der Waals surface area contributed by atoms with E-state index in [1.165, 1.54) is 0 Å². The lowest BCUT2D eigenvalue weighted by atomic mass is 9.95. The SMILES string of the molecule is Cc1nc(CNc2nc(C(C)(C)C)nc(N)c2C)oc1C. The highest BCUT2D eigenvalue weighted by Crippen LogP contribution is 2.25. The molecule has 0 aliphatic carbocycles. The number of hydrogen-bond donors (Lipinski definition) is 2. The van der Waals surface area contributed by atoms with Gasteiger partial charge in [0.25, 0.3) is 0 Å². The van der Waals surface area contributed by atoms with E-state index in [0.29, 0.717) is 24.1 Å². The van der Waals surface area contributed by atoms with Gasteiger partial charge in [-0.3, -0.25) is 0 Å². The molecule has 2 rings (SSSR count). The first kappa shape index (κ1) is 15.3. The van der Waals surface area contributed by atoms with Crippen molar-refractivity contribution >= 4 is 11.6 Å². The lowest BCUT2D eigenvalue weighted by Gasteiger charge is -2.19. The van der Waals surface area contributed by atoms with Gasteiger partial charge in [0.2, 0.25) is 5.89 Å². The monoisotopic (exact) mass is 289 g/mol. The van der Waals surface area contributed by atoms with Gasteiger partial charge in [-0.05, 0) is 20.8 Å². The van der Waals surface area contributed by atoms with Crippen molar-refractivity contribution in [2.45, 2.75) is 53.5 Å². The summed E-state index contributed by atoms with van der Waals surface area (Å²) in [4.78, 5) is 13.3. The average molecular weight is 289 g/mol. The normalized spacial score (nSPS) is 11.7. The third-order valence-electron chi connectivity index (χ3n) is 3.33. The number of aromatic nitrogens is 3. The van der Waals surface area contributed by atoms with Gasteiger partial charge in [-0.25, -0.2) is 15.0 Å². The smallest absolute Gasteiger partial charge is 0.213 e. The predicted molar refractivity (Wildman–Crippen MR) is 83.2 cm³/mol. The van der Waals surface area contributed by atoms with Crippen LogP contribution >= 0.6 is 0 Å². The molecule has 0 radical (unpaired) electrons. The molecule has 114 valence electrons. The van der Waals surface area contributed by atoms with E-state index in [0.717, 1.165) is 22.8 Å². The zero-order valence-electron chi connectivity index (χ0n) is 13.5. The van der Waals surface area contributed by atoms with Crippen molar-refractivity contribution in [2.24, 2.45) is 0 Å². The molecule has 0 saturated heterocycles. The van der Waals surface area contributed by atoms with Gasteiger partial charge in [-0.1, -0.05) is 20.8 Å². The fourth-order valence-corrected chi connectivity index (χ4v) is 1.82. The molecule has 2 aromatic rings. The quantitative estimate of drug-likeness (QED) is 0.903. The second kappa shape index (κ2) is 5.35. The summed E-state index contributed by atoms with van der Waals surface area (Å²) in [7, 11) is 0. The highest BCUT2D eigenvalue weighted by molar-refractivity contribution is 5.55. The third kappa shape index (κ3) is 3.32. The van der Waals surface area contributed by atoms with Crippen LogP contribution in [0.2, 0.25) is 0 Å². The molecule has 6 nitrogen and oxygen atoms in total. The number of hydrogen-bond acceptors (Lipinski definition) is 6. The van der Waals surface area contributed by atoms with Crippen LogP contribution in [0.4, 0.5) is 11.6 Å². The maximum atomic E-state index is 5.99. The molecule has 0 unspecified atom stereocenters. The molecule has 2 heterocycles. The van der Waals surface area contributed by atoms with Crippen molar-refractivity contribution in [3.05, 3.63) is 28.7 Å². The molecule has 21 heavy (non-hydrogen) atoms. The number of nitrogens with one attached hydrogen (secondary N) is 1. The maximum Gasteiger partial charge on any atom is 0.213 e. The molecule has 6 heteroatoms. The van der Waals surface area contributed by atoms with E-state index in [1.807, 2.05) is 20.8 Å². The minimum Gasteiger partial charge on any atom is -0.444 e. The highest BCUT2D eigenvalue weighted by atomic mass is 16.4. The Bertz CT molecular complexity index is 635. The van der Waals surface area contributed by atoms with E-state index in [2.05, 4.69) is 41.0 Å². The van der Waals surface area contributed by atoms with Crippen molar-refractivity contribution in [2.75, 3.05) is 11.1 Å². The van der Waals surface area contributed by atoms with Crippen LogP contribution in [0, 0.1) is 20.8 Å². The highest BCUT2D eigenvalue weighted by Gasteiger charge is 2.20. The molecule has 2 aromatic heterocycles. The second-order valence-electron chi connectivity index (χ2n) is 6.26. The Balaban J connectivity index is 2.25. The van der Waals surface area contributed by atoms with Gasteiger partial charge in [-0.15, -0.1) is 0 Å². The molecule has 0 aromatic carbocycles. The summed E-state index contributed by atoms with van der Waals surface area (Å²) >= 11 is 0. The Morgan fingerprint density at radius 1 is 1.10 bits per heavy atom. The Labute approximate surface area is 125 Å². The van der Waals surface area contributed by atoms with Gasteiger partial charge in [0.1, 0.15) is 23.2 Å². The van der Waals surface area contributed by atoms with Crippen LogP contribution in [0.3, 0.4) is 0 Å². The number of anilines is 2. The second-order valence-corrected chi connectivity index (χ2v) is 6.26. The van der Waals surface area contributed by atoms with Crippen molar-refractivity contribution < 1.29 is 4.42 Å².